The predicted octanol–water partition coefficient (Wildman–Crippen LogP) is 1.61. The van der Waals surface area contributed by atoms with Crippen LogP contribution in [0.25, 0.3) is 0 Å². The van der Waals surface area contributed by atoms with E-state index in [9.17, 15) is 0 Å². The van der Waals surface area contributed by atoms with Gasteiger partial charge >= 0.3 is 0 Å². The molecule has 2 fully saturated rings. The van der Waals surface area contributed by atoms with Gasteiger partial charge in [-0.05, 0) is 52.2 Å². The zero-order valence-corrected chi connectivity index (χ0v) is 8.76. The van der Waals surface area contributed by atoms with Crippen LogP contribution in [0.15, 0.2) is 0 Å². The molecule has 2 unspecified atom stereocenters. The summed E-state index contributed by atoms with van der Waals surface area (Å²) in [6.07, 6.45) is 7.07. The van der Waals surface area contributed by atoms with Crippen molar-refractivity contribution in [1.82, 2.24) is 10.2 Å². The van der Waals surface area contributed by atoms with Gasteiger partial charge in [-0.25, -0.2) is 0 Å². The average Bonchev–Trinajstić information content (AvgIpc) is 2.20. The molecule has 2 heterocycles. The Hall–Kier alpha value is -0.0800. The molecule has 2 rings (SSSR count). The lowest BCUT2D eigenvalue weighted by atomic mass is 9.96. The molecule has 2 heteroatoms. The first-order chi connectivity index (χ1) is 6.38. The van der Waals surface area contributed by atoms with Gasteiger partial charge < -0.3 is 5.32 Å². The van der Waals surface area contributed by atoms with Gasteiger partial charge in [-0.15, -0.1) is 0 Å². The molecule has 13 heavy (non-hydrogen) atoms. The fourth-order valence-electron chi connectivity index (χ4n) is 2.78. The lowest BCUT2D eigenvalue weighted by Gasteiger charge is -2.41. The van der Waals surface area contributed by atoms with E-state index >= 15 is 0 Å². The maximum absolute atomic E-state index is 3.59. The summed E-state index contributed by atoms with van der Waals surface area (Å²) < 4.78 is 0. The molecule has 2 nitrogen and oxygen atoms in total. The van der Waals surface area contributed by atoms with Crippen LogP contribution in [0.5, 0.6) is 0 Å². The molecule has 0 bridgehead atoms. The van der Waals surface area contributed by atoms with Crippen LogP contribution in [0.1, 0.15) is 39.0 Å². The van der Waals surface area contributed by atoms with Gasteiger partial charge in [0.15, 0.2) is 0 Å². The Morgan fingerprint density at radius 1 is 1.08 bits per heavy atom. The maximum atomic E-state index is 3.59. The van der Waals surface area contributed by atoms with Crippen molar-refractivity contribution >= 4 is 0 Å². The molecule has 0 saturated carbocycles. The van der Waals surface area contributed by atoms with E-state index in [-0.39, 0.29) is 0 Å². The normalized spacial score (nSPS) is 37.6. The van der Waals surface area contributed by atoms with Gasteiger partial charge in [-0.1, -0.05) is 6.42 Å². The van der Waals surface area contributed by atoms with Crippen molar-refractivity contribution in [2.45, 2.75) is 51.1 Å². The summed E-state index contributed by atoms with van der Waals surface area (Å²) >= 11 is 0. The standard InChI is InChI=1S/C11H22N2/c1-10-11(6-5-7-12-10)13-8-3-2-4-9-13/h10-12H,2-9H2,1H3. The van der Waals surface area contributed by atoms with E-state index in [2.05, 4.69) is 17.1 Å². The third-order valence-electron chi connectivity index (χ3n) is 3.58. The van der Waals surface area contributed by atoms with Crippen molar-refractivity contribution in [2.24, 2.45) is 0 Å². The number of hydrogen-bond donors (Lipinski definition) is 1. The highest BCUT2D eigenvalue weighted by atomic mass is 15.2. The molecule has 0 aromatic heterocycles. The van der Waals surface area contributed by atoms with E-state index in [4.69, 9.17) is 0 Å². The van der Waals surface area contributed by atoms with Crippen LogP contribution >= 0.6 is 0 Å². The zero-order valence-electron chi connectivity index (χ0n) is 8.76. The van der Waals surface area contributed by atoms with Crippen LogP contribution in [0.3, 0.4) is 0 Å². The second-order valence-electron chi connectivity index (χ2n) is 4.55. The third-order valence-corrected chi connectivity index (χ3v) is 3.58. The summed E-state index contributed by atoms with van der Waals surface area (Å²) in [6, 6.07) is 1.54. The second-order valence-corrected chi connectivity index (χ2v) is 4.55. The van der Waals surface area contributed by atoms with Crippen LogP contribution in [-0.2, 0) is 0 Å². The molecule has 0 aliphatic carbocycles. The van der Waals surface area contributed by atoms with Gasteiger partial charge in [0.2, 0.25) is 0 Å². The van der Waals surface area contributed by atoms with Crippen LogP contribution in [-0.4, -0.2) is 36.6 Å². The van der Waals surface area contributed by atoms with E-state index in [0.29, 0.717) is 6.04 Å². The predicted molar refractivity (Wildman–Crippen MR) is 55.9 cm³/mol. The highest BCUT2D eigenvalue weighted by Crippen LogP contribution is 2.20. The summed E-state index contributed by atoms with van der Waals surface area (Å²) in [6.45, 7) is 6.26. The minimum atomic E-state index is 0.715. The quantitative estimate of drug-likeness (QED) is 0.663. The first-order valence-corrected chi connectivity index (χ1v) is 5.85. The molecule has 76 valence electrons. The van der Waals surface area contributed by atoms with Crippen LogP contribution in [0.2, 0.25) is 0 Å². The molecule has 2 aliphatic rings. The molecule has 0 radical (unpaired) electrons. The van der Waals surface area contributed by atoms with Crippen molar-refractivity contribution in [1.29, 1.82) is 0 Å². The Balaban J connectivity index is 1.88. The molecule has 1 N–H and O–H groups in total. The van der Waals surface area contributed by atoms with Crippen molar-refractivity contribution in [2.75, 3.05) is 19.6 Å². The van der Waals surface area contributed by atoms with E-state index < -0.39 is 0 Å². The first-order valence-electron chi connectivity index (χ1n) is 5.85. The number of nitrogens with one attached hydrogen (secondary N) is 1. The first kappa shape index (κ1) is 9.47. The highest BCUT2D eigenvalue weighted by Gasteiger charge is 2.27. The second kappa shape index (κ2) is 4.43. The maximum Gasteiger partial charge on any atom is 0.0247 e. The molecule has 0 spiro atoms. The van der Waals surface area contributed by atoms with E-state index in [0.717, 1.165) is 6.04 Å². The third kappa shape index (κ3) is 2.23. The van der Waals surface area contributed by atoms with Gasteiger partial charge in [0, 0.05) is 12.1 Å². The van der Waals surface area contributed by atoms with Crippen molar-refractivity contribution in [3.8, 4) is 0 Å². The van der Waals surface area contributed by atoms with Crippen molar-refractivity contribution in [3.63, 3.8) is 0 Å². The largest absolute Gasteiger partial charge is 0.313 e. The van der Waals surface area contributed by atoms with Gasteiger partial charge in [0.1, 0.15) is 0 Å². The fraction of sp³-hybridized carbons (Fsp3) is 1.00. The van der Waals surface area contributed by atoms with Gasteiger partial charge in [0.05, 0.1) is 0 Å². The van der Waals surface area contributed by atoms with E-state index in [1.165, 1.54) is 51.7 Å². The molecule has 2 atom stereocenters. The average molecular weight is 182 g/mol. The van der Waals surface area contributed by atoms with Gasteiger partial charge in [0.25, 0.3) is 0 Å². The minimum Gasteiger partial charge on any atom is -0.313 e. The molecule has 2 aliphatic heterocycles. The van der Waals surface area contributed by atoms with Crippen molar-refractivity contribution < 1.29 is 0 Å². The topological polar surface area (TPSA) is 15.3 Å². The molecule has 0 aromatic carbocycles. The van der Waals surface area contributed by atoms with Gasteiger partial charge in [-0.2, -0.15) is 0 Å². The highest BCUT2D eigenvalue weighted by molar-refractivity contribution is 4.86. The smallest absolute Gasteiger partial charge is 0.0247 e. The molecule has 2 saturated heterocycles. The fourth-order valence-corrected chi connectivity index (χ4v) is 2.78. The summed E-state index contributed by atoms with van der Waals surface area (Å²) in [5, 5.41) is 3.59. The Kier molecular flexibility index (Phi) is 3.23. The SMILES string of the molecule is CC1NCCCC1N1CCCCC1. The van der Waals surface area contributed by atoms with E-state index in [1.54, 1.807) is 0 Å². The summed E-state index contributed by atoms with van der Waals surface area (Å²) in [4.78, 5) is 2.71. The zero-order chi connectivity index (χ0) is 9.10. The number of rotatable bonds is 1. The monoisotopic (exact) mass is 182 g/mol. The Morgan fingerprint density at radius 2 is 1.85 bits per heavy atom. The lowest BCUT2D eigenvalue weighted by molar-refractivity contribution is 0.111. The number of piperidine rings is 2. The number of nitrogens with zero attached hydrogens (tertiary/aromatic N) is 1. The van der Waals surface area contributed by atoms with Crippen molar-refractivity contribution in [3.05, 3.63) is 0 Å². The molecular weight excluding hydrogens is 160 g/mol. The minimum absolute atomic E-state index is 0.715. The van der Waals surface area contributed by atoms with Crippen LogP contribution in [0, 0.1) is 0 Å². The summed E-state index contributed by atoms with van der Waals surface area (Å²) in [5.74, 6) is 0. The molecule has 0 aromatic rings. The van der Waals surface area contributed by atoms with Gasteiger partial charge in [-0.3, -0.25) is 4.90 Å². The Bertz CT molecular complexity index is 152. The molecular formula is C11H22N2. The van der Waals surface area contributed by atoms with Crippen LogP contribution in [0.4, 0.5) is 0 Å². The lowest BCUT2D eigenvalue weighted by Crippen LogP contribution is -2.53. The number of hydrogen-bond acceptors (Lipinski definition) is 2. The Morgan fingerprint density at radius 3 is 2.54 bits per heavy atom. The number of likely N-dealkylation sites (tertiary alicyclic amines) is 1. The van der Waals surface area contributed by atoms with Crippen LogP contribution < -0.4 is 5.32 Å². The Labute approximate surface area is 81.7 Å². The summed E-state index contributed by atoms with van der Waals surface area (Å²) in [5.41, 5.74) is 0. The molecule has 0 amide bonds. The van der Waals surface area contributed by atoms with E-state index in [1.807, 2.05) is 0 Å². The summed E-state index contributed by atoms with van der Waals surface area (Å²) in [7, 11) is 0.